The number of aliphatic carboxylic acids is 1. The first kappa shape index (κ1) is 24.6. The molecule has 0 amide bonds. The summed E-state index contributed by atoms with van der Waals surface area (Å²) in [5.74, 6) is 1.03. The quantitative estimate of drug-likeness (QED) is 0.215. The van der Waals surface area contributed by atoms with Gasteiger partial charge in [-0.1, -0.05) is 13.8 Å². The fourth-order valence-corrected chi connectivity index (χ4v) is 4.80. The highest BCUT2D eigenvalue weighted by molar-refractivity contribution is 5.69. The number of nitrogens with two attached hydrogens (primary N) is 1. The molecule has 0 fully saturated rings. The standard InChI is InChI=1S/C29H35N3O3/c1-4-32(15-7-5-6-8-28(33)34)24-14-9-20-16-25-27(35-26(20)18-24)17-23(19-29(25,2)3)31-22-12-10-21(30)11-13-22/h9-14,16-18H,4-8,15,19,30H2,1-3H3,(H,33,34)/p+1. The summed E-state index contributed by atoms with van der Waals surface area (Å²) in [7, 11) is 0. The lowest BCUT2D eigenvalue weighted by Crippen LogP contribution is -2.31. The first-order valence-corrected chi connectivity index (χ1v) is 12.5. The van der Waals surface area contributed by atoms with E-state index in [0.717, 1.165) is 78.3 Å². The van der Waals surface area contributed by atoms with Crippen molar-refractivity contribution < 1.29 is 14.3 Å². The zero-order chi connectivity index (χ0) is 25.0. The molecule has 1 heterocycles. The van der Waals surface area contributed by atoms with E-state index in [1.54, 1.807) is 0 Å². The third-order valence-electron chi connectivity index (χ3n) is 6.73. The monoisotopic (exact) mass is 474 g/mol. The van der Waals surface area contributed by atoms with E-state index in [1.807, 2.05) is 24.3 Å². The van der Waals surface area contributed by atoms with Gasteiger partial charge in [-0.3, -0.25) is 4.79 Å². The zero-order valence-corrected chi connectivity index (χ0v) is 20.9. The molecule has 0 bridgehead atoms. The Kier molecular flexibility index (Phi) is 7.29. The number of nitrogens with zero attached hydrogens (tertiary/aromatic N) is 1. The number of carbonyl (C=O) groups is 1. The summed E-state index contributed by atoms with van der Waals surface area (Å²) in [6.07, 6.45) is 5.85. The molecule has 6 nitrogen and oxygen atoms in total. The van der Waals surface area contributed by atoms with Crippen LogP contribution in [-0.2, 0) is 10.2 Å². The van der Waals surface area contributed by atoms with Crippen LogP contribution in [0.3, 0.4) is 0 Å². The van der Waals surface area contributed by atoms with Crippen molar-refractivity contribution in [1.29, 1.82) is 0 Å². The molecule has 1 aliphatic heterocycles. The van der Waals surface area contributed by atoms with Crippen LogP contribution in [0.2, 0.25) is 0 Å². The molecule has 3 aliphatic rings. The van der Waals surface area contributed by atoms with E-state index in [2.05, 4.69) is 61.0 Å². The lowest BCUT2D eigenvalue weighted by molar-refractivity contribution is -0.137. The van der Waals surface area contributed by atoms with Crippen molar-refractivity contribution in [2.24, 2.45) is 0 Å². The van der Waals surface area contributed by atoms with Crippen molar-refractivity contribution in [3.63, 3.8) is 0 Å². The highest BCUT2D eigenvalue weighted by Gasteiger charge is 2.31. The summed E-state index contributed by atoms with van der Waals surface area (Å²) in [5, 5.41) is 13.5. The topological polar surface area (TPSA) is 91.5 Å². The van der Waals surface area contributed by atoms with Gasteiger partial charge in [0, 0.05) is 53.2 Å². The molecule has 0 spiro atoms. The van der Waals surface area contributed by atoms with Gasteiger partial charge in [0.1, 0.15) is 24.6 Å². The van der Waals surface area contributed by atoms with Crippen LogP contribution in [0.5, 0.6) is 0 Å². The molecule has 0 atom stereocenters. The molecule has 0 unspecified atom stereocenters. The van der Waals surface area contributed by atoms with Gasteiger partial charge >= 0.3 is 5.97 Å². The molecule has 4 N–H and O–H groups in total. The van der Waals surface area contributed by atoms with Gasteiger partial charge in [-0.05, 0) is 68.0 Å². The number of hydrogen-bond acceptors (Lipinski definition) is 4. The maximum atomic E-state index is 10.7. The van der Waals surface area contributed by atoms with E-state index in [9.17, 15) is 4.79 Å². The Hall–Kier alpha value is -3.54. The molecule has 1 aromatic rings. The van der Waals surface area contributed by atoms with Crippen LogP contribution in [0.4, 0.5) is 11.4 Å². The Morgan fingerprint density at radius 3 is 2.60 bits per heavy atom. The zero-order valence-electron chi connectivity index (χ0n) is 20.9. The number of nitrogens with one attached hydrogen (secondary N) is 1. The number of hydrogen-bond donors (Lipinski definition) is 3. The fourth-order valence-electron chi connectivity index (χ4n) is 4.80. The molecule has 1 aromatic carbocycles. The minimum Gasteiger partial charge on any atom is -0.481 e. The van der Waals surface area contributed by atoms with E-state index < -0.39 is 5.97 Å². The van der Waals surface area contributed by atoms with Gasteiger partial charge in [0.25, 0.3) is 0 Å². The van der Waals surface area contributed by atoms with E-state index in [-0.39, 0.29) is 11.8 Å². The van der Waals surface area contributed by atoms with Crippen LogP contribution in [0.25, 0.3) is 17.4 Å². The van der Waals surface area contributed by atoms with Crippen LogP contribution < -0.4 is 21.0 Å². The van der Waals surface area contributed by atoms with Crippen molar-refractivity contribution in [1.82, 2.24) is 4.58 Å². The minimum atomic E-state index is -0.721. The molecule has 2 aliphatic carbocycles. The van der Waals surface area contributed by atoms with Gasteiger partial charge in [0.15, 0.2) is 0 Å². The molecular weight excluding hydrogens is 438 g/mol. The molecule has 0 saturated heterocycles. The predicted octanol–water partition coefficient (Wildman–Crippen LogP) is 5.54. The number of allylic oxidation sites excluding steroid dienone is 1. The molecular formula is C29H36N3O3+. The Morgan fingerprint density at radius 1 is 1.11 bits per heavy atom. The van der Waals surface area contributed by atoms with Gasteiger partial charge in [0.05, 0.1) is 6.07 Å². The molecule has 0 radical (unpaired) electrons. The van der Waals surface area contributed by atoms with Crippen LogP contribution in [0.15, 0.2) is 58.6 Å². The number of carboxylic acids is 1. The number of carboxylic acid groups (broad SMARTS) is 1. The Labute approximate surface area is 207 Å². The van der Waals surface area contributed by atoms with Gasteiger partial charge in [0.2, 0.25) is 5.36 Å². The molecule has 6 heteroatoms. The largest absolute Gasteiger partial charge is 0.481 e. The first-order valence-electron chi connectivity index (χ1n) is 12.5. The van der Waals surface area contributed by atoms with Crippen LogP contribution in [-0.4, -0.2) is 24.2 Å². The van der Waals surface area contributed by atoms with Crippen molar-refractivity contribution in [3.05, 3.63) is 70.9 Å². The minimum absolute atomic E-state index is 0.0675. The summed E-state index contributed by atoms with van der Waals surface area (Å²) in [6.45, 7) is 8.43. The van der Waals surface area contributed by atoms with Gasteiger partial charge < -0.3 is 20.6 Å². The number of rotatable bonds is 9. The van der Waals surface area contributed by atoms with E-state index in [1.165, 1.54) is 5.56 Å². The SMILES string of the molecule is CC[N+](CCCCCC(=O)O)=c1ccc2cc3c(oc-2c1)C=C(Nc1ccc(N)cc1)CC3(C)C. The van der Waals surface area contributed by atoms with Crippen molar-refractivity contribution in [2.45, 2.75) is 58.3 Å². The lowest BCUT2D eigenvalue weighted by atomic mass is 9.76. The molecule has 0 saturated carbocycles. The molecule has 0 aromatic heterocycles. The van der Waals surface area contributed by atoms with Gasteiger partial charge in [-0.2, -0.15) is 0 Å². The lowest BCUT2D eigenvalue weighted by Gasteiger charge is -2.32. The molecule has 35 heavy (non-hydrogen) atoms. The average molecular weight is 475 g/mol. The number of anilines is 2. The maximum Gasteiger partial charge on any atom is 0.303 e. The van der Waals surface area contributed by atoms with E-state index in [0.29, 0.717) is 0 Å². The van der Waals surface area contributed by atoms with Gasteiger partial charge in [-0.15, -0.1) is 0 Å². The van der Waals surface area contributed by atoms with Crippen molar-refractivity contribution in [3.8, 4) is 11.3 Å². The Balaban J connectivity index is 1.63. The molecule has 184 valence electrons. The maximum absolute atomic E-state index is 10.7. The van der Waals surface area contributed by atoms with Gasteiger partial charge in [-0.25, -0.2) is 4.58 Å². The Bertz CT molecular complexity index is 1270. The van der Waals surface area contributed by atoms with E-state index in [4.69, 9.17) is 15.3 Å². The third kappa shape index (κ3) is 5.94. The van der Waals surface area contributed by atoms with Crippen LogP contribution >= 0.6 is 0 Å². The van der Waals surface area contributed by atoms with Crippen LogP contribution in [0, 0.1) is 0 Å². The smallest absolute Gasteiger partial charge is 0.303 e. The second-order valence-electron chi connectivity index (χ2n) is 10.0. The summed E-state index contributed by atoms with van der Waals surface area (Å²) in [4.78, 5) is 10.7. The van der Waals surface area contributed by atoms with Crippen molar-refractivity contribution >= 4 is 23.4 Å². The normalized spacial score (nSPS) is 15.3. The third-order valence-corrected chi connectivity index (χ3v) is 6.73. The van der Waals surface area contributed by atoms with Crippen molar-refractivity contribution in [2.75, 3.05) is 24.1 Å². The van der Waals surface area contributed by atoms with Crippen LogP contribution in [0.1, 0.15) is 64.2 Å². The second kappa shape index (κ2) is 10.4. The second-order valence-corrected chi connectivity index (χ2v) is 10.0. The summed E-state index contributed by atoms with van der Waals surface area (Å²) in [6, 6.07) is 16.5. The summed E-state index contributed by atoms with van der Waals surface area (Å²) >= 11 is 0. The fraction of sp³-hybridized carbons (Fsp3) is 0.379. The number of nitrogen functional groups attached to an aromatic ring is 1. The number of unbranched alkanes of at least 4 members (excludes halogenated alkanes) is 2. The summed E-state index contributed by atoms with van der Waals surface area (Å²) in [5.41, 5.74) is 10.9. The predicted molar refractivity (Wildman–Crippen MR) is 142 cm³/mol. The van der Waals surface area contributed by atoms with E-state index >= 15 is 0 Å². The first-order chi connectivity index (χ1) is 16.7. The highest BCUT2D eigenvalue weighted by Crippen LogP contribution is 2.41. The number of fused-ring (bicyclic) bond motifs is 2. The summed E-state index contributed by atoms with van der Waals surface area (Å²) < 4.78 is 8.81. The molecule has 4 rings (SSSR count). The highest BCUT2D eigenvalue weighted by atomic mass is 16.4. The number of benzene rings is 2. The average Bonchev–Trinajstić information content (AvgIpc) is 2.81. The Morgan fingerprint density at radius 2 is 1.89 bits per heavy atom.